The van der Waals surface area contributed by atoms with Crippen molar-refractivity contribution in [3.05, 3.63) is 46.8 Å². The van der Waals surface area contributed by atoms with Crippen LogP contribution in [0.2, 0.25) is 0 Å². The third-order valence-electron chi connectivity index (χ3n) is 6.40. The number of aromatic nitrogens is 4. The topological polar surface area (TPSA) is 104 Å². The molecule has 1 fully saturated rings. The molecule has 2 aliphatic rings. The van der Waals surface area contributed by atoms with E-state index < -0.39 is 0 Å². The largest absolute Gasteiger partial charge is 0.495 e. The first-order chi connectivity index (χ1) is 16.7. The molecule has 3 aromatic heterocycles. The average Bonchev–Trinajstić information content (AvgIpc) is 3.12. The molecule has 5 rings (SSSR count). The minimum absolute atomic E-state index is 0.123. The SMILES string of the molecule is COc1cnc2ncc(=O)n(CCN3CCC(NCc4cc5c(cn4)OCCCO5)CC3)c2c1. The van der Waals surface area contributed by atoms with E-state index in [-0.39, 0.29) is 5.56 Å². The number of hydrogen-bond acceptors (Lipinski definition) is 9. The van der Waals surface area contributed by atoms with E-state index in [1.165, 1.54) is 6.20 Å². The predicted molar refractivity (Wildman–Crippen MR) is 126 cm³/mol. The Labute approximate surface area is 197 Å². The van der Waals surface area contributed by atoms with Crippen LogP contribution < -0.4 is 25.1 Å². The number of hydrogen-bond donors (Lipinski definition) is 1. The molecule has 0 amide bonds. The van der Waals surface area contributed by atoms with E-state index in [9.17, 15) is 4.79 Å². The van der Waals surface area contributed by atoms with Gasteiger partial charge in [-0.05, 0) is 25.9 Å². The normalized spacial score (nSPS) is 17.0. The molecule has 2 aliphatic heterocycles. The summed E-state index contributed by atoms with van der Waals surface area (Å²) in [6, 6.07) is 4.23. The number of piperidine rings is 1. The van der Waals surface area contributed by atoms with Gasteiger partial charge in [0.2, 0.25) is 0 Å². The molecule has 0 bridgehead atoms. The maximum atomic E-state index is 12.5. The zero-order valence-electron chi connectivity index (χ0n) is 19.4. The highest BCUT2D eigenvalue weighted by atomic mass is 16.5. The van der Waals surface area contributed by atoms with Gasteiger partial charge in [0, 0.05) is 44.2 Å². The number of pyridine rings is 2. The minimum atomic E-state index is -0.123. The third kappa shape index (κ3) is 5.13. The van der Waals surface area contributed by atoms with Crippen molar-refractivity contribution in [3.8, 4) is 17.2 Å². The molecule has 10 heteroatoms. The average molecular weight is 467 g/mol. The number of ether oxygens (including phenoxy) is 3. The van der Waals surface area contributed by atoms with Crippen molar-refractivity contribution in [2.45, 2.75) is 38.4 Å². The molecular weight excluding hydrogens is 436 g/mol. The van der Waals surface area contributed by atoms with Crippen LogP contribution in [-0.4, -0.2) is 70.4 Å². The molecule has 0 aromatic carbocycles. The molecular formula is C24H30N6O4. The van der Waals surface area contributed by atoms with Crippen LogP contribution in [0.5, 0.6) is 17.2 Å². The molecule has 3 aromatic rings. The summed E-state index contributed by atoms with van der Waals surface area (Å²) in [4.78, 5) is 27.8. The van der Waals surface area contributed by atoms with Gasteiger partial charge in [0.25, 0.3) is 5.56 Å². The van der Waals surface area contributed by atoms with Gasteiger partial charge in [0.15, 0.2) is 17.1 Å². The number of methoxy groups -OCH3 is 1. The van der Waals surface area contributed by atoms with Gasteiger partial charge in [0.05, 0.1) is 50.1 Å². The summed E-state index contributed by atoms with van der Waals surface area (Å²) < 4.78 is 18.4. The van der Waals surface area contributed by atoms with Gasteiger partial charge in [-0.1, -0.05) is 0 Å². The van der Waals surface area contributed by atoms with Crippen molar-refractivity contribution in [2.24, 2.45) is 0 Å². The third-order valence-corrected chi connectivity index (χ3v) is 6.40. The zero-order chi connectivity index (χ0) is 23.3. The summed E-state index contributed by atoms with van der Waals surface area (Å²) in [5, 5.41) is 3.63. The minimum Gasteiger partial charge on any atom is -0.495 e. The van der Waals surface area contributed by atoms with Crippen molar-refractivity contribution < 1.29 is 14.2 Å². The molecule has 0 unspecified atom stereocenters. The lowest BCUT2D eigenvalue weighted by atomic mass is 10.0. The van der Waals surface area contributed by atoms with Crippen molar-refractivity contribution >= 4 is 11.2 Å². The van der Waals surface area contributed by atoms with Gasteiger partial charge in [0.1, 0.15) is 5.75 Å². The highest BCUT2D eigenvalue weighted by Gasteiger charge is 2.20. The quantitative estimate of drug-likeness (QED) is 0.556. The maximum absolute atomic E-state index is 12.5. The van der Waals surface area contributed by atoms with Gasteiger partial charge in [-0.15, -0.1) is 0 Å². The Morgan fingerprint density at radius 3 is 2.65 bits per heavy atom. The molecule has 5 heterocycles. The molecule has 0 atom stereocenters. The van der Waals surface area contributed by atoms with Crippen molar-refractivity contribution in [1.82, 2.24) is 29.7 Å². The zero-order valence-corrected chi connectivity index (χ0v) is 19.4. The fourth-order valence-electron chi connectivity index (χ4n) is 4.43. The number of rotatable bonds is 7. The summed E-state index contributed by atoms with van der Waals surface area (Å²) in [6.45, 7) is 5.39. The Bertz CT molecular complexity index is 1190. The van der Waals surface area contributed by atoms with Gasteiger partial charge in [-0.25, -0.2) is 9.97 Å². The first-order valence-electron chi connectivity index (χ1n) is 11.8. The summed E-state index contributed by atoms with van der Waals surface area (Å²) in [5.74, 6) is 2.12. The molecule has 180 valence electrons. The van der Waals surface area contributed by atoms with E-state index in [1.54, 1.807) is 24.1 Å². The lowest BCUT2D eigenvalue weighted by molar-refractivity contribution is 0.191. The van der Waals surface area contributed by atoms with Gasteiger partial charge in [-0.2, -0.15) is 0 Å². The summed E-state index contributed by atoms with van der Waals surface area (Å²) in [7, 11) is 1.59. The standard InChI is InChI=1S/C24H30N6O4/c1-32-19-12-20-24(27-14-19)28-16-23(31)30(20)8-7-29-5-3-17(4-6-29)25-13-18-11-21-22(15-26-18)34-10-2-9-33-21/h11-12,14-17,25H,2-10,13H2,1H3. The molecule has 1 N–H and O–H groups in total. The van der Waals surface area contributed by atoms with E-state index in [2.05, 4.69) is 25.2 Å². The maximum Gasteiger partial charge on any atom is 0.269 e. The second kappa shape index (κ2) is 10.4. The van der Waals surface area contributed by atoms with E-state index in [1.807, 2.05) is 12.1 Å². The molecule has 0 radical (unpaired) electrons. The van der Waals surface area contributed by atoms with Gasteiger partial charge in [-0.3, -0.25) is 9.78 Å². The summed E-state index contributed by atoms with van der Waals surface area (Å²) in [6.07, 6.45) is 7.70. The smallest absolute Gasteiger partial charge is 0.269 e. The predicted octanol–water partition coefficient (Wildman–Crippen LogP) is 1.61. The Kier molecular flexibility index (Phi) is 6.87. The van der Waals surface area contributed by atoms with E-state index >= 15 is 0 Å². The van der Waals surface area contributed by atoms with E-state index in [0.29, 0.717) is 49.3 Å². The molecule has 0 aliphatic carbocycles. The van der Waals surface area contributed by atoms with Crippen LogP contribution in [-0.2, 0) is 13.1 Å². The highest BCUT2D eigenvalue weighted by molar-refractivity contribution is 5.71. The lowest BCUT2D eigenvalue weighted by Gasteiger charge is -2.32. The van der Waals surface area contributed by atoms with Crippen molar-refractivity contribution in [2.75, 3.05) is 40.0 Å². The van der Waals surface area contributed by atoms with Crippen molar-refractivity contribution in [1.29, 1.82) is 0 Å². The summed E-state index contributed by atoms with van der Waals surface area (Å²) >= 11 is 0. The Hall–Kier alpha value is -3.24. The second-order valence-corrected chi connectivity index (χ2v) is 8.64. The van der Waals surface area contributed by atoms with Gasteiger partial charge >= 0.3 is 0 Å². The van der Waals surface area contributed by atoms with Gasteiger partial charge < -0.3 is 29.0 Å². The van der Waals surface area contributed by atoms with Crippen LogP contribution in [0.1, 0.15) is 25.0 Å². The Balaban J connectivity index is 1.13. The van der Waals surface area contributed by atoms with Crippen molar-refractivity contribution in [3.63, 3.8) is 0 Å². The Morgan fingerprint density at radius 2 is 1.82 bits per heavy atom. The molecule has 10 nitrogen and oxygen atoms in total. The van der Waals surface area contributed by atoms with Crippen LogP contribution in [0, 0.1) is 0 Å². The molecule has 34 heavy (non-hydrogen) atoms. The second-order valence-electron chi connectivity index (χ2n) is 8.64. The number of nitrogens with zero attached hydrogens (tertiary/aromatic N) is 5. The molecule has 1 saturated heterocycles. The first kappa shape index (κ1) is 22.5. The van der Waals surface area contributed by atoms with Crippen LogP contribution in [0.25, 0.3) is 11.2 Å². The fraction of sp³-hybridized carbons (Fsp3) is 0.500. The van der Waals surface area contributed by atoms with E-state index in [4.69, 9.17) is 14.2 Å². The Morgan fingerprint density at radius 1 is 1.03 bits per heavy atom. The fourth-order valence-corrected chi connectivity index (χ4v) is 4.43. The van der Waals surface area contributed by atoms with Crippen LogP contribution in [0.15, 0.2) is 35.5 Å². The van der Waals surface area contributed by atoms with Crippen LogP contribution in [0.4, 0.5) is 0 Å². The highest BCUT2D eigenvalue weighted by Crippen LogP contribution is 2.29. The first-order valence-corrected chi connectivity index (χ1v) is 11.8. The molecule has 0 saturated carbocycles. The monoisotopic (exact) mass is 466 g/mol. The number of fused-ring (bicyclic) bond motifs is 2. The molecule has 0 spiro atoms. The number of nitrogens with one attached hydrogen (secondary N) is 1. The van der Waals surface area contributed by atoms with Crippen LogP contribution in [0.3, 0.4) is 0 Å². The van der Waals surface area contributed by atoms with E-state index in [0.717, 1.165) is 56.1 Å². The summed E-state index contributed by atoms with van der Waals surface area (Å²) in [5.41, 5.74) is 2.08. The van der Waals surface area contributed by atoms with Crippen LogP contribution >= 0.6 is 0 Å². The number of likely N-dealkylation sites (tertiary alicyclic amines) is 1. The lowest BCUT2D eigenvalue weighted by Crippen LogP contribution is -2.43.